The van der Waals surface area contributed by atoms with Gasteiger partial charge >= 0.3 is 0 Å². The molecule has 1 aliphatic rings. The van der Waals surface area contributed by atoms with Gasteiger partial charge in [-0.1, -0.05) is 25.7 Å². The third kappa shape index (κ3) is 1.90. The monoisotopic (exact) mass is 244 g/mol. The van der Waals surface area contributed by atoms with Crippen LogP contribution in [0.3, 0.4) is 0 Å². The summed E-state index contributed by atoms with van der Waals surface area (Å²) in [4.78, 5) is 0. The molecule has 4 heteroatoms. The van der Waals surface area contributed by atoms with E-state index in [1.165, 1.54) is 31.2 Å². The van der Waals surface area contributed by atoms with Gasteiger partial charge in [0.15, 0.2) is 11.5 Å². The molecule has 0 spiro atoms. The second kappa shape index (κ2) is 4.35. The fourth-order valence-electron chi connectivity index (χ4n) is 2.92. The van der Waals surface area contributed by atoms with Gasteiger partial charge in [-0.2, -0.15) is 0 Å². The van der Waals surface area contributed by atoms with Crippen LogP contribution in [-0.4, -0.2) is 14.6 Å². The summed E-state index contributed by atoms with van der Waals surface area (Å²) in [5, 5.41) is 8.62. The van der Waals surface area contributed by atoms with Crippen LogP contribution in [0.4, 0.5) is 0 Å². The smallest absolute Gasteiger partial charge is 0.161 e. The molecule has 0 radical (unpaired) electrons. The number of fused-ring (bicyclic) bond motifs is 1. The minimum atomic E-state index is -0.300. The Balaban J connectivity index is 2.07. The fraction of sp³-hybridized carbons (Fsp3) is 0.571. The van der Waals surface area contributed by atoms with Crippen molar-refractivity contribution in [3.8, 4) is 0 Å². The summed E-state index contributed by atoms with van der Waals surface area (Å²) < 4.78 is 2.05. The molecule has 1 saturated carbocycles. The molecule has 0 unspecified atom stereocenters. The van der Waals surface area contributed by atoms with Gasteiger partial charge in [-0.15, -0.1) is 10.2 Å². The third-order valence-corrected chi connectivity index (χ3v) is 4.01. The standard InChI is InChI=1S/C14H20N4/c1-11-6-9-18-12(10-11)16-17-13(18)14(15)7-4-2-3-5-8-14/h6,9-10H,2-5,7-8,15H2,1H3. The number of hydrogen-bond acceptors (Lipinski definition) is 3. The van der Waals surface area contributed by atoms with E-state index in [9.17, 15) is 0 Å². The van der Waals surface area contributed by atoms with Crippen LogP contribution in [0.25, 0.3) is 5.65 Å². The predicted molar refractivity (Wildman–Crippen MR) is 71.3 cm³/mol. The van der Waals surface area contributed by atoms with Crippen LogP contribution >= 0.6 is 0 Å². The molecule has 96 valence electrons. The van der Waals surface area contributed by atoms with Crippen LogP contribution in [0, 0.1) is 6.92 Å². The zero-order valence-corrected chi connectivity index (χ0v) is 10.9. The van der Waals surface area contributed by atoms with E-state index in [0.717, 1.165) is 24.3 Å². The molecule has 18 heavy (non-hydrogen) atoms. The van der Waals surface area contributed by atoms with Crippen molar-refractivity contribution in [1.82, 2.24) is 14.6 Å². The van der Waals surface area contributed by atoms with Crippen molar-refractivity contribution in [2.75, 3.05) is 0 Å². The minimum absolute atomic E-state index is 0.300. The normalized spacial score (nSPS) is 19.9. The molecule has 4 nitrogen and oxygen atoms in total. The molecule has 0 amide bonds. The molecule has 0 aromatic carbocycles. The van der Waals surface area contributed by atoms with E-state index < -0.39 is 0 Å². The first kappa shape index (κ1) is 11.7. The summed E-state index contributed by atoms with van der Waals surface area (Å²) in [6.07, 6.45) is 9.03. The first-order chi connectivity index (χ1) is 8.69. The van der Waals surface area contributed by atoms with Crippen molar-refractivity contribution in [2.24, 2.45) is 5.73 Å². The van der Waals surface area contributed by atoms with Gasteiger partial charge in [-0.3, -0.25) is 4.40 Å². The van der Waals surface area contributed by atoms with Crippen molar-refractivity contribution in [3.05, 3.63) is 29.7 Å². The maximum atomic E-state index is 6.61. The quantitative estimate of drug-likeness (QED) is 0.784. The molecule has 0 aliphatic heterocycles. The topological polar surface area (TPSA) is 56.2 Å². The van der Waals surface area contributed by atoms with E-state index in [1.54, 1.807) is 0 Å². The summed E-state index contributed by atoms with van der Waals surface area (Å²) in [7, 11) is 0. The van der Waals surface area contributed by atoms with Gasteiger partial charge in [0.05, 0.1) is 5.54 Å². The average molecular weight is 244 g/mol. The zero-order chi connectivity index (χ0) is 12.6. The molecule has 2 N–H and O–H groups in total. The minimum Gasteiger partial charge on any atom is -0.319 e. The first-order valence-corrected chi connectivity index (χ1v) is 6.80. The molecular formula is C14H20N4. The Morgan fingerprint density at radius 1 is 1.17 bits per heavy atom. The molecule has 0 bridgehead atoms. The summed E-state index contributed by atoms with van der Waals surface area (Å²) in [5.41, 5.74) is 8.41. The second-order valence-corrected chi connectivity index (χ2v) is 5.53. The number of rotatable bonds is 1. The Kier molecular flexibility index (Phi) is 2.82. The van der Waals surface area contributed by atoms with Crippen molar-refractivity contribution in [1.29, 1.82) is 0 Å². The molecule has 0 saturated heterocycles. The molecule has 1 fully saturated rings. The number of aryl methyl sites for hydroxylation is 1. The number of pyridine rings is 1. The van der Waals surface area contributed by atoms with Gasteiger partial charge < -0.3 is 5.73 Å². The van der Waals surface area contributed by atoms with Crippen molar-refractivity contribution >= 4 is 5.65 Å². The Labute approximate surface area is 107 Å². The van der Waals surface area contributed by atoms with E-state index in [0.29, 0.717) is 0 Å². The van der Waals surface area contributed by atoms with Crippen molar-refractivity contribution < 1.29 is 0 Å². The largest absolute Gasteiger partial charge is 0.319 e. The van der Waals surface area contributed by atoms with Gasteiger partial charge in [-0.25, -0.2) is 0 Å². The first-order valence-electron chi connectivity index (χ1n) is 6.80. The lowest BCUT2D eigenvalue weighted by molar-refractivity contribution is 0.359. The zero-order valence-electron chi connectivity index (χ0n) is 10.9. The number of hydrogen-bond donors (Lipinski definition) is 1. The van der Waals surface area contributed by atoms with Crippen LogP contribution < -0.4 is 5.73 Å². The SMILES string of the molecule is Cc1ccn2c(C3(N)CCCCCC3)nnc2c1. The van der Waals surface area contributed by atoms with E-state index in [2.05, 4.69) is 33.7 Å². The van der Waals surface area contributed by atoms with Crippen LogP contribution in [0.2, 0.25) is 0 Å². The van der Waals surface area contributed by atoms with Crippen molar-refractivity contribution in [2.45, 2.75) is 51.0 Å². The Morgan fingerprint density at radius 2 is 1.89 bits per heavy atom. The molecule has 2 aromatic heterocycles. The molecule has 2 heterocycles. The molecule has 0 atom stereocenters. The van der Waals surface area contributed by atoms with Gasteiger partial charge in [0, 0.05) is 6.20 Å². The van der Waals surface area contributed by atoms with Gasteiger partial charge in [0.2, 0.25) is 0 Å². The van der Waals surface area contributed by atoms with Crippen LogP contribution in [0.1, 0.15) is 49.9 Å². The number of aromatic nitrogens is 3. The lowest BCUT2D eigenvalue weighted by Crippen LogP contribution is -2.38. The van der Waals surface area contributed by atoms with Gasteiger partial charge in [-0.05, 0) is 37.5 Å². The van der Waals surface area contributed by atoms with Crippen molar-refractivity contribution in [3.63, 3.8) is 0 Å². The number of nitrogens with zero attached hydrogens (tertiary/aromatic N) is 3. The average Bonchev–Trinajstić information content (AvgIpc) is 2.65. The van der Waals surface area contributed by atoms with Crippen LogP contribution in [-0.2, 0) is 5.54 Å². The fourth-order valence-corrected chi connectivity index (χ4v) is 2.92. The molecular weight excluding hydrogens is 224 g/mol. The third-order valence-electron chi connectivity index (χ3n) is 4.01. The van der Waals surface area contributed by atoms with E-state index in [4.69, 9.17) is 5.73 Å². The van der Waals surface area contributed by atoms with Crippen LogP contribution in [0.15, 0.2) is 18.3 Å². The van der Waals surface area contributed by atoms with Gasteiger partial charge in [0.1, 0.15) is 0 Å². The summed E-state index contributed by atoms with van der Waals surface area (Å²) >= 11 is 0. The number of nitrogens with two attached hydrogens (primary N) is 1. The maximum absolute atomic E-state index is 6.61. The van der Waals surface area contributed by atoms with E-state index in [-0.39, 0.29) is 5.54 Å². The lowest BCUT2D eigenvalue weighted by atomic mass is 9.90. The van der Waals surface area contributed by atoms with E-state index >= 15 is 0 Å². The van der Waals surface area contributed by atoms with Crippen LogP contribution in [0.5, 0.6) is 0 Å². The lowest BCUT2D eigenvalue weighted by Gasteiger charge is -2.25. The summed E-state index contributed by atoms with van der Waals surface area (Å²) in [5.74, 6) is 0.930. The highest BCUT2D eigenvalue weighted by atomic mass is 15.3. The Hall–Kier alpha value is -1.42. The molecule has 1 aliphatic carbocycles. The Bertz CT molecular complexity index is 550. The summed E-state index contributed by atoms with van der Waals surface area (Å²) in [6.45, 7) is 2.07. The highest BCUT2D eigenvalue weighted by Crippen LogP contribution is 2.32. The maximum Gasteiger partial charge on any atom is 0.161 e. The second-order valence-electron chi connectivity index (χ2n) is 5.53. The highest BCUT2D eigenvalue weighted by molar-refractivity contribution is 5.41. The van der Waals surface area contributed by atoms with Gasteiger partial charge in [0.25, 0.3) is 0 Å². The van der Waals surface area contributed by atoms with E-state index in [1.807, 2.05) is 6.20 Å². The molecule has 3 rings (SSSR count). The Morgan fingerprint density at radius 3 is 2.61 bits per heavy atom. The highest BCUT2D eigenvalue weighted by Gasteiger charge is 2.32. The predicted octanol–water partition coefficient (Wildman–Crippen LogP) is 2.55. The summed E-state index contributed by atoms with van der Waals surface area (Å²) in [6, 6.07) is 4.14. The molecule has 2 aromatic rings.